The van der Waals surface area contributed by atoms with E-state index in [0.717, 1.165) is 32.7 Å². The number of rotatable bonds is 4. The average molecular weight is 260 g/mol. The molecule has 0 saturated carbocycles. The van der Waals surface area contributed by atoms with Gasteiger partial charge in [-0.05, 0) is 18.1 Å². The molecule has 0 bridgehead atoms. The molecule has 1 aliphatic rings. The molecule has 2 heterocycles. The number of aliphatic hydroxyl groups is 1. The van der Waals surface area contributed by atoms with Gasteiger partial charge >= 0.3 is 0 Å². The van der Waals surface area contributed by atoms with Gasteiger partial charge in [-0.25, -0.2) is 0 Å². The molecular weight excluding hydrogens is 240 g/mol. The topological polar surface area (TPSA) is 48.5 Å². The average Bonchev–Trinajstić information content (AvgIpc) is 2.89. The van der Waals surface area contributed by atoms with Crippen molar-refractivity contribution in [2.75, 3.05) is 32.8 Å². The maximum absolute atomic E-state index is 9.15. The minimum Gasteiger partial charge on any atom is -0.394 e. The molecule has 0 aliphatic carbocycles. The Hall–Kier alpha value is -1.36. The van der Waals surface area contributed by atoms with Crippen LogP contribution in [0.25, 0.3) is 10.9 Å². The fourth-order valence-corrected chi connectivity index (χ4v) is 2.71. The second-order valence-corrected chi connectivity index (χ2v) is 5.09. The summed E-state index contributed by atoms with van der Waals surface area (Å²) in [5.41, 5.74) is 2.57. The highest BCUT2D eigenvalue weighted by Gasteiger charge is 2.19. The van der Waals surface area contributed by atoms with Crippen molar-refractivity contribution in [3.05, 3.63) is 36.0 Å². The third-order valence-electron chi connectivity index (χ3n) is 3.80. The predicted molar refractivity (Wildman–Crippen MR) is 75.3 cm³/mol. The summed E-state index contributed by atoms with van der Waals surface area (Å²) in [6.07, 6.45) is 3.12. The third-order valence-corrected chi connectivity index (χ3v) is 3.80. The van der Waals surface area contributed by atoms with E-state index in [1.165, 1.54) is 16.5 Å². The second-order valence-electron chi connectivity index (χ2n) is 5.09. The maximum atomic E-state index is 9.15. The molecule has 19 heavy (non-hydrogen) atoms. The first-order valence-corrected chi connectivity index (χ1v) is 6.86. The first kappa shape index (κ1) is 12.7. The number of morpholine rings is 1. The fraction of sp³-hybridized carbons (Fsp3) is 0.467. The number of aliphatic hydroxyl groups excluding tert-OH is 1. The van der Waals surface area contributed by atoms with Gasteiger partial charge < -0.3 is 14.8 Å². The third kappa shape index (κ3) is 2.81. The Bertz CT molecular complexity index is 538. The van der Waals surface area contributed by atoms with Crippen molar-refractivity contribution < 1.29 is 9.84 Å². The largest absolute Gasteiger partial charge is 0.394 e. The molecule has 0 radical (unpaired) electrons. The van der Waals surface area contributed by atoms with Gasteiger partial charge in [-0.2, -0.15) is 0 Å². The van der Waals surface area contributed by atoms with E-state index in [9.17, 15) is 0 Å². The molecule has 0 spiro atoms. The highest BCUT2D eigenvalue weighted by Crippen LogP contribution is 2.18. The molecular formula is C15H20N2O2. The number of benzene rings is 1. The molecule has 2 N–H and O–H groups in total. The number of aromatic amines is 1. The summed E-state index contributed by atoms with van der Waals surface area (Å²) in [6.45, 7) is 3.64. The number of ether oxygens (including phenoxy) is 1. The molecule has 1 unspecified atom stereocenters. The van der Waals surface area contributed by atoms with E-state index in [1.54, 1.807) is 0 Å². The molecule has 102 valence electrons. The Balaban J connectivity index is 1.63. The smallest absolute Gasteiger partial charge is 0.0932 e. The zero-order valence-electron chi connectivity index (χ0n) is 11.0. The van der Waals surface area contributed by atoms with E-state index < -0.39 is 0 Å². The van der Waals surface area contributed by atoms with Crippen molar-refractivity contribution in [2.24, 2.45) is 0 Å². The quantitative estimate of drug-likeness (QED) is 0.873. The van der Waals surface area contributed by atoms with Gasteiger partial charge in [0.1, 0.15) is 0 Å². The number of hydrogen-bond acceptors (Lipinski definition) is 3. The molecule has 0 amide bonds. The summed E-state index contributed by atoms with van der Waals surface area (Å²) in [4.78, 5) is 5.68. The number of nitrogens with zero attached hydrogens (tertiary/aromatic N) is 1. The zero-order valence-corrected chi connectivity index (χ0v) is 11.0. The van der Waals surface area contributed by atoms with E-state index in [-0.39, 0.29) is 12.7 Å². The summed E-state index contributed by atoms with van der Waals surface area (Å²) in [5.74, 6) is 0. The van der Waals surface area contributed by atoms with Crippen molar-refractivity contribution >= 4 is 10.9 Å². The van der Waals surface area contributed by atoms with Crippen LogP contribution in [-0.4, -0.2) is 53.9 Å². The van der Waals surface area contributed by atoms with Crippen LogP contribution in [0, 0.1) is 0 Å². The fourth-order valence-electron chi connectivity index (χ4n) is 2.71. The molecule has 1 aliphatic heterocycles. The SMILES string of the molecule is OCC1CN(CCc2c[nH]c3ccccc23)CCO1. The molecule has 1 aromatic carbocycles. The van der Waals surface area contributed by atoms with Crippen LogP contribution in [0.15, 0.2) is 30.5 Å². The van der Waals surface area contributed by atoms with Gasteiger partial charge in [0.25, 0.3) is 0 Å². The highest BCUT2D eigenvalue weighted by atomic mass is 16.5. The lowest BCUT2D eigenvalue weighted by Crippen LogP contribution is -2.44. The minimum atomic E-state index is -0.0169. The van der Waals surface area contributed by atoms with Crippen molar-refractivity contribution in [1.29, 1.82) is 0 Å². The van der Waals surface area contributed by atoms with Crippen molar-refractivity contribution in [3.63, 3.8) is 0 Å². The van der Waals surface area contributed by atoms with Gasteiger partial charge in [0.05, 0.1) is 19.3 Å². The summed E-state index contributed by atoms with van der Waals surface area (Å²) >= 11 is 0. The molecule has 1 fully saturated rings. The van der Waals surface area contributed by atoms with Crippen LogP contribution in [-0.2, 0) is 11.2 Å². The molecule has 4 nitrogen and oxygen atoms in total. The standard InChI is InChI=1S/C15H20N2O2/c18-11-13-10-17(7-8-19-13)6-5-12-9-16-15-4-2-1-3-14(12)15/h1-4,9,13,16,18H,5-8,10-11H2. The van der Waals surface area contributed by atoms with Gasteiger partial charge in [0, 0.05) is 36.7 Å². The van der Waals surface area contributed by atoms with E-state index in [1.807, 2.05) is 0 Å². The summed E-state index contributed by atoms with van der Waals surface area (Å²) in [5, 5.41) is 10.5. The van der Waals surface area contributed by atoms with Crippen LogP contribution in [0.2, 0.25) is 0 Å². The van der Waals surface area contributed by atoms with Gasteiger partial charge in [0.15, 0.2) is 0 Å². The Labute approximate surface area is 113 Å². The molecule has 4 heteroatoms. The van der Waals surface area contributed by atoms with Gasteiger partial charge in [0.2, 0.25) is 0 Å². The Morgan fingerprint density at radius 1 is 1.37 bits per heavy atom. The number of aromatic nitrogens is 1. The molecule has 1 saturated heterocycles. The van der Waals surface area contributed by atoms with E-state index >= 15 is 0 Å². The highest BCUT2D eigenvalue weighted by molar-refractivity contribution is 5.83. The van der Waals surface area contributed by atoms with Crippen molar-refractivity contribution in [2.45, 2.75) is 12.5 Å². The van der Waals surface area contributed by atoms with Crippen LogP contribution >= 0.6 is 0 Å². The van der Waals surface area contributed by atoms with Gasteiger partial charge in [-0.1, -0.05) is 18.2 Å². The lowest BCUT2D eigenvalue weighted by molar-refractivity contribution is -0.0522. The van der Waals surface area contributed by atoms with Crippen molar-refractivity contribution in [1.82, 2.24) is 9.88 Å². The number of nitrogens with one attached hydrogen (secondary N) is 1. The Kier molecular flexibility index (Phi) is 3.82. The normalized spacial score (nSPS) is 21.0. The van der Waals surface area contributed by atoms with Gasteiger partial charge in [-0.3, -0.25) is 4.90 Å². The first-order valence-electron chi connectivity index (χ1n) is 6.86. The van der Waals surface area contributed by atoms with E-state index in [0.29, 0.717) is 0 Å². The van der Waals surface area contributed by atoms with Crippen LogP contribution in [0.4, 0.5) is 0 Å². The summed E-state index contributed by atoms with van der Waals surface area (Å²) < 4.78 is 5.47. The summed E-state index contributed by atoms with van der Waals surface area (Å²) in [6, 6.07) is 8.40. The molecule has 1 atom stereocenters. The number of hydrogen-bond donors (Lipinski definition) is 2. The molecule has 1 aromatic heterocycles. The summed E-state index contributed by atoms with van der Waals surface area (Å²) in [7, 11) is 0. The lowest BCUT2D eigenvalue weighted by Gasteiger charge is -2.31. The predicted octanol–water partition coefficient (Wildman–Crippen LogP) is 1.40. The Morgan fingerprint density at radius 2 is 2.26 bits per heavy atom. The van der Waals surface area contributed by atoms with Crippen molar-refractivity contribution in [3.8, 4) is 0 Å². The first-order chi connectivity index (χ1) is 9.36. The van der Waals surface area contributed by atoms with Crippen LogP contribution in [0.3, 0.4) is 0 Å². The van der Waals surface area contributed by atoms with Crippen LogP contribution in [0.5, 0.6) is 0 Å². The number of H-pyrrole nitrogens is 1. The maximum Gasteiger partial charge on any atom is 0.0932 e. The monoisotopic (exact) mass is 260 g/mol. The molecule has 2 aromatic rings. The lowest BCUT2D eigenvalue weighted by atomic mass is 10.1. The Morgan fingerprint density at radius 3 is 3.16 bits per heavy atom. The van der Waals surface area contributed by atoms with Crippen LogP contribution in [0.1, 0.15) is 5.56 Å². The van der Waals surface area contributed by atoms with Crippen LogP contribution < -0.4 is 0 Å². The van der Waals surface area contributed by atoms with E-state index in [4.69, 9.17) is 9.84 Å². The number of para-hydroxylation sites is 1. The van der Waals surface area contributed by atoms with E-state index in [2.05, 4.69) is 40.3 Å². The minimum absolute atomic E-state index is 0.0169. The van der Waals surface area contributed by atoms with Gasteiger partial charge in [-0.15, -0.1) is 0 Å². The number of fused-ring (bicyclic) bond motifs is 1. The second kappa shape index (κ2) is 5.74. The zero-order chi connectivity index (χ0) is 13.1. The molecule has 3 rings (SSSR count).